The van der Waals surface area contributed by atoms with Gasteiger partial charge >= 0.3 is 12.1 Å². The second-order valence-electron chi connectivity index (χ2n) is 14.1. The van der Waals surface area contributed by atoms with Crippen molar-refractivity contribution in [3.8, 4) is 0 Å². The number of imide groups is 1. The number of aromatic nitrogens is 1. The van der Waals surface area contributed by atoms with Crippen LogP contribution in [-0.2, 0) is 33.4 Å². The highest BCUT2D eigenvalue weighted by molar-refractivity contribution is 7.09. The number of ether oxygens (including phenoxy) is 3. The Labute approximate surface area is 281 Å². The van der Waals surface area contributed by atoms with Crippen LogP contribution in [0.2, 0.25) is 0 Å². The van der Waals surface area contributed by atoms with E-state index in [2.05, 4.69) is 24.1 Å². The summed E-state index contributed by atoms with van der Waals surface area (Å²) in [5.41, 5.74) is 0.122. The van der Waals surface area contributed by atoms with Crippen molar-refractivity contribution in [1.82, 2.24) is 15.2 Å². The van der Waals surface area contributed by atoms with Gasteiger partial charge < -0.3 is 19.5 Å². The average molecular weight is 672 g/mol. The fraction of sp³-hybridized carbons (Fsp3) is 0.657. The van der Waals surface area contributed by atoms with E-state index in [1.165, 1.54) is 23.5 Å². The first kappa shape index (κ1) is 36.5. The number of aryl methyl sites for hydroxylation is 1. The highest BCUT2D eigenvalue weighted by Crippen LogP contribution is 2.45. The maximum atomic E-state index is 13.9. The monoisotopic (exact) mass is 671 g/mol. The summed E-state index contributed by atoms with van der Waals surface area (Å²) in [6.07, 6.45) is 5.70. The molecule has 12 heteroatoms. The number of thiazole rings is 1. The van der Waals surface area contributed by atoms with E-state index in [4.69, 9.17) is 14.2 Å². The first-order valence-corrected chi connectivity index (χ1v) is 17.5. The van der Waals surface area contributed by atoms with Gasteiger partial charge in [0.25, 0.3) is 11.8 Å². The molecule has 3 aliphatic rings. The molecule has 3 aliphatic heterocycles. The third-order valence-electron chi connectivity index (χ3n) is 9.60. The molecular weight excluding hydrogens is 622 g/mol. The molecule has 11 nitrogen and oxygen atoms in total. The Kier molecular flexibility index (Phi) is 11.8. The Morgan fingerprint density at radius 3 is 2.51 bits per heavy atom. The number of fused-ring (bicyclic) bond motifs is 1. The fourth-order valence-corrected chi connectivity index (χ4v) is 7.15. The molecule has 4 heterocycles. The molecule has 0 bridgehead atoms. The number of Topliss-reactive ketones (excluding diaryl/α,β-unsaturated/α-hetero) is 1. The lowest BCUT2D eigenvalue weighted by molar-refractivity contribution is -0.154. The van der Waals surface area contributed by atoms with Crippen molar-refractivity contribution >= 4 is 47.1 Å². The summed E-state index contributed by atoms with van der Waals surface area (Å²) in [6.45, 7) is 13.6. The van der Waals surface area contributed by atoms with Gasteiger partial charge in [0.1, 0.15) is 18.0 Å². The average Bonchev–Trinajstić information content (AvgIpc) is 3.24. The Bertz CT molecular complexity index is 1400. The molecule has 258 valence electrons. The number of ketones is 1. The van der Waals surface area contributed by atoms with Crippen molar-refractivity contribution < 1.29 is 38.2 Å². The van der Waals surface area contributed by atoms with Crippen LogP contribution < -0.4 is 5.32 Å². The SMILES string of the molecule is CC(=Cc1csc(C)n1)C1CC2OC2(C)CCCC(C)CC(C)C(=O)C(C)(C)C(OC(=O)NCCCN2C(=O)C=CC2=O)CC(=O)O1. The van der Waals surface area contributed by atoms with Gasteiger partial charge in [0.2, 0.25) is 0 Å². The summed E-state index contributed by atoms with van der Waals surface area (Å²) in [5, 5.41) is 5.52. The van der Waals surface area contributed by atoms with Gasteiger partial charge in [-0.1, -0.05) is 26.7 Å². The van der Waals surface area contributed by atoms with Crippen molar-refractivity contribution in [3.05, 3.63) is 33.8 Å². The maximum absolute atomic E-state index is 13.9. The van der Waals surface area contributed by atoms with Crippen LogP contribution in [0.3, 0.4) is 0 Å². The molecule has 0 spiro atoms. The molecule has 1 N–H and O–H groups in total. The standard InChI is InChI=1S/C35H49N3O8S/c1-21-10-8-13-35(7)28(46-35)18-26(22(2)17-25-20-47-24(4)37-25)44-31(41)19-27(34(5,6)32(42)23(3)16-21)45-33(43)36-14-9-15-38-29(39)11-12-30(38)40/h11-12,17,20-21,23,26-28H,8-10,13-16,18-19H2,1-7H3,(H,36,43). The second-order valence-corrected chi connectivity index (χ2v) is 15.1. The van der Waals surface area contributed by atoms with E-state index < -0.39 is 41.5 Å². The molecule has 0 saturated carbocycles. The van der Waals surface area contributed by atoms with Crippen molar-refractivity contribution in [3.63, 3.8) is 0 Å². The number of rotatable bonds is 7. The minimum Gasteiger partial charge on any atom is -0.458 e. The number of amides is 3. The molecule has 6 atom stereocenters. The number of hydrogen-bond acceptors (Lipinski definition) is 10. The maximum Gasteiger partial charge on any atom is 0.407 e. The number of hydrogen-bond donors (Lipinski definition) is 1. The molecule has 1 aromatic heterocycles. The number of epoxide rings is 1. The van der Waals surface area contributed by atoms with Crippen molar-refractivity contribution in [2.45, 2.75) is 117 Å². The van der Waals surface area contributed by atoms with Gasteiger partial charge in [-0.05, 0) is 71.4 Å². The first-order chi connectivity index (χ1) is 22.1. The van der Waals surface area contributed by atoms with E-state index in [0.29, 0.717) is 25.2 Å². The molecule has 4 rings (SSSR count). The summed E-state index contributed by atoms with van der Waals surface area (Å²) in [6, 6.07) is 0. The van der Waals surface area contributed by atoms with Crippen LogP contribution in [0.1, 0.15) is 97.2 Å². The zero-order valence-electron chi connectivity index (χ0n) is 28.6. The van der Waals surface area contributed by atoms with Crippen LogP contribution in [0.5, 0.6) is 0 Å². The van der Waals surface area contributed by atoms with E-state index in [9.17, 15) is 24.0 Å². The minimum absolute atomic E-state index is 0.0688. The van der Waals surface area contributed by atoms with Gasteiger partial charge in [-0.3, -0.25) is 24.1 Å². The Morgan fingerprint density at radius 2 is 1.85 bits per heavy atom. The summed E-state index contributed by atoms with van der Waals surface area (Å²) in [4.78, 5) is 69.7. The molecule has 47 heavy (non-hydrogen) atoms. The number of esters is 1. The first-order valence-electron chi connectivity index (χ1n) is 16.6. The molecule has 2 fully saturated rings. The lowest BCUT2D eigenvalue weighted by Gasteiger charge is -2.35. The van der Waals surface area contributed by atoms with Crippen LogP contribution in [0, 0.1) is 24.2 Å². The summed E-state index contributed by atoms with van der Waals surface area (Å²) >= 11 is 1.54. The van der Waals surface area contributed by atoms with Gasteiger partial charge in [0, 0.05) is 43.0 Å². The summed E-state index contributed by atoms with van der Waals surface area (Å²) in [5.74, 6) is -1.49. The molecular formula is C35H49N3O8S. The number of carbonyl (C=O) groups excluding carboxylic acids is 5. The second kappa shape index (κ2) is 15.2. The minimum atomic E-state index is -1.19. The number of carbonyl (C=O) groups is 5. The molecule has 0 radical (unpaired) electrons. The zero-order valence-corrected chi connectivity index (χ0v) is 29.4. The summed E-state index contributed by atoms with van der Waals surface area (Å²) < 4.78 is 18.0. The highest BCUT2D eigenvalue weighted by Gasteiger charge is 2.53. The van der Waals surface area contributed by atoms with E-state index >= 15 is 0 Å². The van der Waals surface area contributed by atoms with Crippen molar-refractivity contribution in [1.29, 1.82) is 0 Å². The number of nitrogens with zero attached hydrogens (tertiary/aromatic N) is 2. The van der Waals surface area contributed by atoms with Crippen molar-refractivity contribution in [2.75, 3.05) is 13.1 Å². The van der Waals surface area contributed by atoms with Gasteiger partial charge in [-0.2, -0.15) is 0 Å². The molecule has 3 amide bonds. The van der Waals surface area contributed by atoms with Crippen LogP contribution in [0.15, 0.2) is 23.1 Å². The largest absolute Gasteiger partial charge is 0.458 e. The third-order valence-corrected chi connectivity index (χ3v) is 10.4. The van der Waals surface area contributed by atoms with Crippen LogP contribution in [0.25, 0.3) is 6.08 Å². The Balaban J connectivity index is 1.51. The Hall–Kier alpha value is -3.38. The lowest BCUT2D eigenvalue weighted by Crippen LogP contribution is -2.46. The highest BCUT2D eigenvalue weighted by atomic mass is 32.1. The molecule has 6 unspecified atom stereocenters. The van der Waals surface area contributed by atoms with Gasteiger partial charge in [0.05, 0.1) is 34.2 Å². The predicted octanol–water partition coefficient (Wildman–Crippen LogP) is 5.56. The number of nitrogens with one attached hydrogen (secondary N) is 1. The van der Waals surface area contributed by atoms with E-state index in [-0.39, 0.29) is 42.9 Å². The molecule has 0 aliphatic carbocycles. The van der Waals surface area contributed by atoms with Crippen LogP contribution in [0.4, 0.5) is 4.79 Å². The normalized spacial score (nSPS) is 30.6. The summed E-state index contributed by atoms with van der Waals surface area (Å²) in [7, 11) is 0. The zero-order chi connectivity index (χ0) is 34.5. The van der Waals surface area contributed by atoms with E-state index in [1.807, 2.05) is 32.2 Å². The fourth-order valence-electron chi connectivity index (χ4n) is 6.58. The van der Waals surface area contributed by atoms with E-state index in [0.717, 1.165) is 40.4 Å². The lowest BCUT2D eigenvalue weighted by atomic mass is 9.73. The van der Waals surface area contributed by atoms with Gasteiger partial charge in [-0.15, -0.1) is 11.3 Å². The molecule has 0 aromatic carbocycles. The van der Waals surface area contributed by atoms with Crippen molar-refractivity contribution in [2.24, 2.45) is 17.3 Å². The third kappa shape index (κ3) is 9.59. The van der Waals surface area contributed by atoms with Gasteiger partial charge in [0.15, 0.2) is 0 Å². The Morgan fingerprint density at radius 1 is 1.15 bits per heavy atom. The van der Waals surface area contributed by atoms with Gasteiger partial charge in [-0.25, -0.2) is 9.78 Å². The molecule has 2 saturated heterocycles. The van der Waals surface area contributed by atoms with Crippen LogP contribution in [-0.4, -0.2) is 76.5 Å². The number of alkyl carbamates (subject to hydrolysis) is 1. The molecule has 1 aromatic rings. The quantitative estimate of drug-likeness (QED) is 0.171. The van der Waals surface area contributed by atoms with E-state index in [1.54, 1.807) is 13.8 Å². The number of cyclic esters (lactones) is 1. The van der Waals surface area contributed by atoms with Crippen LogP contribution >= 0.6 is 11.3 Å². The predicted molar refractivity (Wildman–Crippen MR) is 177 cm³/mol. The smallest absolute Gasteiger partial charge is 0.407 e. The topological polar surface area (TPSA) is 144 Å².